The standard InChI is InChI=1S/C18H28O2S2/c1-15(2)5-7-17(12-19)13(11-15)14-18(22-10-4-9-21-14)8-6-16(17,3)20-18/h12-14H,4-11H2,1-3H3/t13-,14+,16+,17-,18+/m1/s1. The Morgan fingerprint density at radius 2 is 1.91 bits per heavy atom. The number of hydrogen-bond acceptors (Lipinski definition) is 4. The van der Waals surface area contributed by atoms with E-state index in [9.17, 15) is 4.79 Å². The lowest BCUT2D eigenvalue weighted by atomic mass is 9.52. The zero-order valence-corrected chi connectivity index (χ0v) is 15.7. The SMILES string of the molecule is CC1(C)CC[C@@]2(C=O)[C@H](C1)[C@@H]1SCCCS[C@@]13CC[C@]2(C)O3. The van der Waals surface area contributed by atoms with E-state index < -0.39 is 0 Å². The Labute approximate surface area is 142 Å². The molecule has 0 unspecified atom stereocenters. The van der Waals surface area contributed by atoms with Crippen LogP contribution >= 0.6 is 23.5 Å². The molecule has 3 aliphatic heterocycles. The molecular formula is C18H28O2S2. The molecule has 2 nitrogen and oxygen atoms in total. The van der Waals surface area contributed by atoms with Crippen LogP contribution in [0.4, 0.5) is 0 Å². The molecule has 22 heavy (non-hydrogen) atoms. The first-order valence-electron chi connectivity index (χ1n) is 8.79. The van der Waals surface area contributed by atoms with Gasteiger partial charge in [0.25, 0.3) is 0 Å². The minimum Gasteiger partial charge on any atom is -0.356 e. The van der Waals surface area contributed by atoms with E-state index in [1.54, 1.807) is 0 Å². The zero-order chi connectivity index (χ0) is 15.6. The van der Waals surface area contributed by atoms with Crippen molar-refractivity contribution in [3.05, 3.63) is 0 Å². The van der Waals surface area contributed by atoms with E-state index in [-0.39, 0.29) is 15.9 Å². The summed E-state index contributed by atoms with van der Waals surface area (Å²) in [5, 5.41) is 0.500. The Kier molecular flexibility index (Phi) is 3.54. The van der Waals surface area contributed by atoms with Crippen molar-refractivity contribution in [1.29, 1.82) is 0 Å². The second kappa shape index (κ2) is 4.92. The van der Waals surface area contributed by atoms with Gasteiger partial charge in [-0.2, -0.15) is 11.8 Å². The Balaban J connectivity index is 1.83. The molecule has 4 aliphatic rings. The number of carbonyl (C=O) groups excluding carboxylic acids is 1. The predicted octanol–water partition coefficient (Wildman–Crippen LogP) is 4.52. The summed E-state index contributed by atoms with van der Waals surface area (Å²) < 4.78 is 6.80. The van der Waals surface area contributed by atoms with Gasteiger partial charge in [-0.25, -0.2) is 0 Å². The van der Waals surface area contributed by atoms with Crippen LogP contribution in [0.1, 0.15) is 59.3 Å². The molecule has 124 valence electrons. The monoisotopic (exact) mass is 340 g/mol. The molecule has 3 saturated heterocycles. The Morgan fingerprint density at radius 3 is 2.68 bits per heavy atom. The van der Waals surface area contributed by atoms with Gasteiger partial charge in [-0.1, -0.05) is 13.8 Å². The van der Waals surface area contributed by atoms with Gasteiger partial charge in [0, 0.05) is 5.25 Å². The van der Waals surface area contributed by atoms with Crippen molar-refractivity contribution in [2.24, 2.45) is 16.7 Å². The van der Waals surface area contributed by atoms with Gasteiger partial charge >= 0.3 is 0 Å². The molecule has 4 fully saturated rings. The summed E-state index contributed by atoms with van der Waals surface area (Å²) in [6, 6.07) is 0. The smallest absolute Gasteiger partial charge is 0.129 e. The van der Waals surface area contributed by atoms with E-state index in [4.69, 9.17) is 4.74 Å². The molecule has 3 heterocycles. The average molecular weight is 341 g/mol. The van der Waals surface area contributed by atoms with Crippen LogP contribution in [0.2, 0.25) is 0 Å². The summed E-state index contributed by atoms with van der Waals surface area (Å²) in [5.74, 6) is 2.93. The van der Waals surface area contributed by atoms with Gasteiger partial charge < -0.3 is 9.53 Å². The summed E-state index contributed by atoms with van der Waals surface area (Å²) in [7, 11) is 0. The van der Waals surface area contributed by atoms with Crippen LogP contribution in [0.5, 0.6) is 0 Å². The van der Waals surface area contributed by atoms with Gasteiger partial charge in [-0.3, -0.25) is 0 Å². The average Bonchev–Trinajstić information content (AvgIpc) is 2.65. The predicted molar refractivity (Wildman–Crippen MR) is 94.4 cm³/mol. The summed E-state index contributed by atoms with van der Waals surface area (Å²) in [6.07, 6.45) is 8.15. The molecular weight excluding hydrogens is 312 g/mol. The van der Waals surface area contributed by atoms with Crippen molar-refractivity contribution in [2.45, 2.75) is 75.1 Å². The van der Waals surface area contributed by atoms with Crippen molar-refractivity contribution < 1.29 is 9.53 Å². The van der Waals surface area contributed by atoms with Crippen molar-refractivity contribution in [2.75, 3.05) is 11.5 Å². The lowest BCUT2D eigenvalue weighted by molar-refractivity contribution is -0.206. The number of ether oxygens (including phenoxy) is 1. The maximum atomic E-state index is 12.4. The van der Waals surface area contributed by atoms with Gasteiger partial charge in [0.15, 0.2) is 0 Å². The third-order valence-corrected chi connectivity index (χ3v) is 10.2. The first kappa shape index (κ1) is 15.8. The highest BCUT2D eigenvalue weighted by Crippen LogP contribution is 2.70. The third kappa shape index (κ3) is 1.96. The highest BCUT2D eigenvalue weighted by Gasteiger charge is 2.71. The number of fused-ring (bicyclic) bond motifs is 4. The van der Waals surface area contributed by atoms with E-state index >= 15 is 0 Å². The van der Waals surface area contributed by atoms with Crippen LogP contribution in [0.25, 0.3) is 0 Å². The number of carbonyl (C=O) groups is 1. The molecule has 4 heteroatoms. The highest BCUT2D eigenvalue weighted by molar-refractivity contribution is 8.04. The fourth-order valence-electron chi connectivity index (χ4n) is 5.59. The number of thioether (sulfide) groups is 2. The second-order valence-corrected chi connectivity index (χ2v) is 11.4. The summed E-state index contributed by atoms with van der Waals surface area (Å²) >= 11 is 4.17. The molecule has 1 saturated carbocycles. The highest BCUT2D eigenvalue weighted by atomic mass is 32.2. The van der Waals surface area contributed by atoms with Gasteiger partial charge in [0.1, 0.15) is 11.2 Å². The molecule has 1 spiro atoms. The number of aldehydes is 1. The van der Waals surface area contributed by atoms with E-state index in [0.717, 1.165) is 25.7 Å². The van der Waals surface area contributed by atoms with Crippen LogP contribution in [-0.4, -0.2) is 33.6 Å². The van der Waals surface area contributed by atoms with Gasteiger partial charge in [-0.15, -0.1) is 11.8 Å². The number of hydrogen-bond donors (Lipinski definition) is 0. The Morgan fingerprint density at radius 1 is 1.09 bits per heavy atom. The van der Waals surface area contributed by atoms with Crippen molar-refractivity contribution in [3.63, 3.8) is 0 Å². The fraction of sp³-hybridized carbons (Fsp3) is 0.944. The number of rotatable bonds is 1. The molecule has 0 aromatic rings. The molecule has 4 rings (SSSR count). The summed E-state index contributed by atoms with van der Waals surface area (Å²) in [6.45, 7) is 7.03. The lowest BCUT2D eigenvalue weighted by Crippen LogP contribution is -2.65. The van der Waals surface area contributed by atoms with E-state index in [1.807, 2.05) is 0 Å². The minimum absolute atomic E-state index is 0.0134. The van der Waals surface area contributed by atoms with Crippen LogP contribution in [0, 0.1) is 16.7 Å². The first-order valence-corrected chi connectivity index (χ1v) is 10.8. The molecule has 1 aliphatic carbocycles. The lowest BCUT2D eigenvalue weighted by Gasteiger charge is -2.61. The maximum Gasteiger partial charge on any atom is 0.129 e. The first-order chi connectivity index (χ1) is 10.4. The third-order valence-electron chi connectivity index (χ3n) is 6.92. The largest absolute Gasteiger partial charge is 0.356 e. The Hall–Kier alpha value is 0.330. The molecule has 5 atom stereocenters. The molecule has 0 aromatic carbocycles. The van der Waals surface area contributed by atoms with Gasteiger partial charge in [0.05, 0.1) is 11.0 Å². The molecule has 0 amide bonds. The molecule has 0 N–H and O–H groups in total. The van der Waals surface area contributed by atoms with E-state index in [2.05, 4.69) is 44.3 Å². The summed E-state index contributed by atoms with van der Waals surface area (Å²) in [5.41, 5.74) is -0.113. The topological polar surface area (TPSA) is 26.3 Å². The molecule has 0 radical (unpaired) electrons. The zero-order valence-electron chi connectivity index (χ0n) is 14.0. The molecule has 2 bridgehead atoms. The van der Waals surface area contributed by atoms with Crippen LogP contribution < -0.4 is 0 Å². The summed E-state index contributed by atoms with van der Waals surface area (Å²) in [4.78, 5) is 12.4. The van der Waals surface area contributed by atoms with Crippen molar-refractivity contribution >= 4 is 29.8 Å². The van der Waals surface area contributed by atoms with Crippen molar-refractivity contribution in [1.82, 2.24) is 0 Å². The van der Waals surface area contributed by atoms with E-state index in [0.29, 0.717) is 16.6 Å². The fourth-order valence-corrected chi connectivity index (χ4v) is 9.19. The van der Waals surface area contributed by atoms with Crippen LogP contribution in [-0.2, 0) is 9.53 Å². The minimum atomic E-state index is -0.245. The normalized spacial score (nSPS) is 53.2. The van der Waals surface area contributed by atoms with E-state index in [1.165, 1.54) is 30.6 Å². The second-order valence-electron chi connectivity index (χ2n) is 8.77. The quantitative estimate of drug-likeness (QED) is 0.656. The van der Waals surface area contributed by atoms with Gasteiger partial charge in [-0.05, 0) is 68.3 Å². The Bertz CT molecular complexity index is 493. The maximum absolute atomic E-state index is 12.4. The van der Waals surface area contributed by atoms with Crippen LogP contribution in [0.15, 0.2) is 0 Å². The van der Waals surface area contributed by atoms with Crippen LogP contribution in [0.3, 0.4) is 0 Å². The van der Waals surface area contributed by atoms with Gasteiger partial charge in [0.2, 0.25) is 0 Å². The molecule has 0 aromatic heterocycles. The van der Waals surface area contributed by atoms with Crippen molar-refractivity contribution in [3.8, 4) is 0 Å².